The Labute approximate surface area is 215 Å². The number of likely N-dealkylation sites (tertiary alicyclic amines) is 1. The van der Waals surface area contributed by atoms with Crippen molar-refractivity contribution in [3.8, 4) is 5.88 Å². The molecular formula is C27H33N5O3S. The maximum atomic E-state index is 12.3. The first-order valence-corrected chi connectivity index (χ1v) is 13.2. The van der Waals surface area contributed by atoms with E-state index in [2.05, 4.69) is 41.1 Å². The fourth-order valence-electron chi connectivity index (χ4n) is 6.29. The van der Waals surface area contributed by atoms with Crippen LogP contribution in [0.3, 0.4) is 0 Å². The number of carbonyl (C=O) groups is 1. The fraction of sp³-hybridized carbons (Fsp3) is 0.481. The van der Waals surface area contributed by atoms with Crippen LogP contribution in [0.15, 0.2) is 57.2 Å². The summed E-state index contributed by atoms with van der Waals surface area (Å²) in [6, 6.07) is 12.0. The second kappa shape index (κ2) is 9.44. The standard InChI is InChI=1S/C27H33N5O3S/c1-18(22-10-7-11-36-22)30-35-14-23(33)28-29-24-20-8-5-6-9-21(20)32(25(24)34)17-31-16-27(4)13-19(31)12-26(2,3)15-27/h5-11,19,34H,12-17H2,1-4H3/b29-28?,30-18+. The third-order valence-corrected chi connectivity index (χ3v) is 8.27. The van der Waals surface area contributed by atoms with Crippen LogP contribution >= 0.6 is 11.3 Å². The first-order chi connectivity index (χ1) is 17.1. The molecule has 0 spiro atoms. The van der Waals surface area contributed by atoms with Gasteiger partial charge in [0, 0.05) is 18.0 Å². The maximum Gasteiger partial charge on any atom is 0.304 e. The smallest absolute Gasteiger partial charge is 0.304 e. The first-order valence-electron chi connectivity index (χ1n) is 12.3. The van der Waals surface area contributed by atoms with Gasteiger partial charge in [0.25, 0.3) is 0 Å². The Hall–Kier alpha value is -3.04. The van der Waals surface area contributed by atoms with Crippen LogP contribution in [-0.2, 0) is 16.3 Å². The molecule has 2 aliphatic rings. The topological polar surface area (TPSA) is 91.8 Å². The zero-order chi connectivity index (χ0) is 25.5. The van der Waals surface area contributed by atoms with E-state index in [0.717, 1.165) is 28.7 Å². The molecule has 1 aliphatic heterocycles. The summed E-state index contributed by atoms with van der Waals surface area (Å²) in [6.07, 6.45) is 3.55. The molecule has 36 heavy (non-hydrogen) atoms. The summed E-state index contributed by atoms with van der Waals surface area (Å²) in [5.41, 5.74) is 2.48. The summed E-state index contributed by atoms with van der Waals surface area (Å²) in [5.74, 6) is -0.552. The molecule has 0 radical (unpaired) electrons. The maximum absolute atomic E-state index is 12.3. The lowest BCUT2D eigenvalue weighted by Crippen LogP contribution is -2.35. The number of fused-ring (bicyclic) bond motifs is 3. The number of azo groups is 1. The van der Waals surface area contributed by atoms with Crippen molar-refractivity contribution in [2.75, 3.05) is 13.2 Å². The number of thiophene rings is 1. The predicted molar refractivity (Wildman–Crippen MR) is 142 cm³/mol. The van der Waals surface area contributed by atoms with Crippen LogP contribution in [0.2, 0.25) is 0 Å². The third kappa shape index (κ3) is 4.95. The lowest BCUT2D eigenvalue weighted by Gasteiger charge is -2.40. The number of nitrogens with zero attached hydrogens (tertiary/aromatic N) is 5. The highest BCUT2D eigenvalue weighted by Crippen LogP contribution is 2.53. The average Bonchev–Trinajstić information content (AvgIpc) is 3.49. The van der Waals surface area contributed by atoms with Gasteiger partial charge in [0.1, 0.15) is 0 Å². The van der Waals surface area contributed by atoms with E-state index in [1.165, 1.54) is 12.8 Å². The molecular weight excluding hydrogens is 474 g/mol. The summed E-state index contributed by atoms with van der Waals surface area (Å²) < 4.78 is 1.89. The molecule has 1 aromatic carbocycles. The number of hydrogen-bond donors (Lipinski definition) is 1. The van der Waals surface area contributed by atoms with E-state index in [-0.39, 0.29) is 12.5 Å². The van der Waals surface area contributed by atoms with Crippen molar-refractivity contribution in [2.24, 2.45) is 26.2 Å². The highest BCUT2D eigenvalue weighted by atomic mass is 32.1. The molecule has 2 bridgehead atoms. The van der Waals surface area contributed by atoms with Gasteiger partial charge in [-0.2, -0.15) is 0 Å². The fourth-order valence-corrected chi connectivity index (χ4v) is 6.95. The molecule has 190 valence electrons. The Balaban J connectivity index is 1.33. The number of amides is 1. The minimum absolute atomic E-state index is 0.0195. The lowest BCUT2D eigenvalue weighted by atomic mass is 9.65. The Morgan fingerprint density at radius 1 is 1.19 bits per heavy atom. The molecule has 2 aromatic heterocycles. The minimum atomic E-state index is -0.572. The molecule has 3 heterocycles. The molecule has 8 nitrogen and oxygen atoms in total. The number of aromatic nitrogens is 1. The Bertz CT molecular complexity index is 1330. The summed E-state index contributed by atoms with van der Waals surface area (Å²) in [6.45, 7) is 10.2. The number of aromatic hydroxyl groups is 1. The quantitative estimate of drug-likeness (QED) is 0.230. The molecule has 1 N–H and O–H groups in total. The second-order valence-electron chi connectivity index (χ2n) is 11.2. The lowest BCUT2D eigenvalue weighted by molar-refractivity contribution is -0.122. The number of carbonyl (C=O) groups excluding carboxylic acids is 1. The van der Waals surface area contributed by atoms with Gasteiger partial charge in [-0.05, 0) is 54.5 Å². The van der Waals surface area contributed by atoms with Crippen LogP contribution in [0.1, 0.15) is 51.8 Å². The van der Waals surface area contributed by atoms with Crippen molar-refractivity contribution in [3.63, 3.8) is 0 Å². The van der Waals surface area contributed by atoms with Gasteiger partial charge in [0.05, 0.1) is 22.8 Å². The largest absolute Gasteiger partial charge is 0.493 e. The van der Waals surface area contributed by atoms with Crippen molar-refractivity contribution in [1.29, 1.82) is 0 Å². The molecule has 2 unspecified atom stereocenters. The monoisotopic (exact) mass is 507 g/mol. The van der Waals surface area contributed by atoms with Crippen molar-refractivity contribution >= 4 is 39.5 Å². The van der Waals surface area contributed by atoms with Crippen LogP contribution in [0, 0.1) is 10.8 Å². The van der Waals surface area contributed by atoms with E-state index in [0.29, 0.717) is 34.9 Å². The number of oxime groups is 1. The van der Waals surface area contributed by atoms with Crippen LogP contribution < -0.4 is 0 Å². The van der Waals surface area contributed by atoms with Gasteiger partial charge in [-0.15, -0.1) is 21.6 Å². The van der Waals surface area contributed by atoms with Gasteiger partial charge in [-0.3, -0.25) is 14.3 Å². The number of para-hydroxylation sites is 1. The van der Waals surface area contributed by atoms with E-state index in [1.807, 2.05) is 53.3 Å². The second-order valence-corrected chi connectivity index (χ2v) is 12.2. The zero-order valence-electron chi connectivity index (χ0n) is 21.3. The van der Waals surface area contributed by atoms with Crippen molar-refractivity contribution < 1.29 is 14.7 Å². The number of hydrogen-bond acceptors (Lipinski definition) is 7. The summed E-state index contributed by atoms with van der Waals surface area (Å²) in [5, 5.41) is 25.8. The first kappa shape index (κ1) is 24.6. The Morgan fingerprint density at radius 3 is 2.78 bits per heavy atom. The van der Waals surface area contributed by atoms with Gasteiger partial charge in [-0.1, -0.05) is 50.2 Å². The van der Waals surface area contributed by atoms with Crippen molar-refractivity contribution in [1.82, 2.24) is 9.47 Å². The summed E-state index contributed by atoms with van der Waals surface area (Å²) in [4.78, 5) is 20.9. The Kier molecular flexibility index (Phi) is 6.46. The highest BCUT2D eigenvalue weighted by Gasteiger charge is 2.49. The van der Waals surface area contributed by atoms with E-state index in [4.69, 9.17) is 4.84 Å². The van der Waals surface area contributed by atoms with Gasteiger partial charge in [0.2, 0.25) is 5.88 Å². The van der Waals surface area contributed by atoms with Crippen LogP contribution in [0.4, 0.5) is 5.69 Å². The highest BCUT2D eigenvalue weighted by molar-refractivity contribution is 7.12. The molecule has 9 heteroatoms. The van der Waals surface area contributed by atoms with Gasteiger partial charge in [0.15, 0.2) is 12.3 Å². The summed E-state index contributed by atoms with van der Waals surface area (Å²) >= 11 is 1.55. The average molecular weight is 508 g/mol. The van der Waals surface area contributed by atoms with Gasteiger partial charge >= 0.3 is 5.91 Å². The minimum Gasteiger partial charge on any atom is -0.493 e. The van der Waals surface area contributed by atoms with Crippen molar-refractivity contribution in [2.45, 2.75) is 59.7 Å². The molecule has 1 aliphatic carbocycles. The molecule has 3 aromatic rings. The molecule has 5 rings (SSSR count). The van der Waals surface area contributed by atoms with Crippen LogP contribution in [-0.4, -0.2) is 45.4 Å². The third-order valence-electron chi connectivity index (χ3n) is 7.29. The normalized spacial score (nSPS) is 24.1. The number of rotatable bonds is 7. The van der Waals surface area contributed by atoms with Crippen LogP contribution in [0.25, 0.3) is 10.9 Å². The van der Waals surface area contributed by atoms with E-state index in [9.17, 15) is 9.90 Å². The van der Waals surface area contributed by atoms with E-state index in [1.54, 1.807) is 11.3 Å². The molecule has 1 amide bonds. The van der Waals surface area contributed by atoms with Crippen LogP contribution in [0.5, 0.6) is 5.88 Å². The molecule has 2 fully saturated rings. The molecule has 2 atom stereocenters. The SMILES string of the molecule is C/C(=N\OCC(=O)N=Nc1c(O)n(CN2CC3(C)CC2CC(C)(C)C3)c2ccccc12)c1cccs1. The van der Waals surface area contributed by atoms with Crippen molar-refractivity contribution in [3.05, 3.63) is 46.7 Å². The van der Waals surface area contributed by atoms with E-state index < -0.39 is 5.91 Å². The van der Waals surface area contributed by atoms with E-state index >= 15 is 0 Å². The summed E-state index contributed by atoms with van der Waals surface area (Å²) in [7, 11) is 0. The predicted octanol–water partition coefficient (Wildman–Crippen LogP) is 6.32. The number of benzene rings is 1. The molecule has 1 saturated heterocycles. The van der Waals surface area contributed by atoms with Gasteiger partial charge in [-0.25, -0.2) is 0 Å². The Morgan fingerprint density at radius 2 is 2.00 bits per heavy atom. The molecule has 1 saturated carbocycles. The van der Waals surface area contributed by atoms with Gasteiger partial charge < -0.3 is 9.94 Å². The zero-order valence-corrected chi connectivity index (χ0v) is 22.1.